The second kappa shape index (κ2) is 11.0. The van der Waals surface area contributed by atoms with Gasteiger partial charge in [0.15, 0.2) is 11.6 Å². The number of rotatable bonds is 9. The molecular weight excluding hydrogens is 510 g/mol. The molecular formula is C26H35N5O6S. The van der Waals surface area contributed by atoms with Gasteiger partial charge in [0.1, 0.15) is 5.69 Å². The zero-order chi connectivity index (χ0) is 26.8. The van der Waals surface area contributed by atoms with Crippen LogP contribution in [0.2, 0.25) is 0 Å². The summed E-state index contributed by atoms with van der Waals surface area (Å²) in [5, 5.41) is 12.1. The Morgan fingerprint density at radius 2 is 1.82 bits per heavy atom. The van der Waals surface area contributed by atoms with Gasteiger partial charge in [0.2, 0.25) is 10.0 Å². The number of morpholine rings is 1. The lowest BCUT2D eigenvalue weighted by Crippen LogP contribution is -2.37. The topological polar surface area (TPSA) is 133 Å². The molecule has 206 valence electrons. The minimum atomic E-state index is -3.68. The van der Waals surface area contributed by atoms with Gasteiger partial charge in [-0.05, 0) is 61.4 Å². The number of hydrogen-bond acceptors (Lipinski definition) is 9. The summed E-state index contributed by atoms with van der Waals surface area (Å²) < 4.78 is 38.0. The summed E-state index contributed by atoms with van der Waals surface area (Å²) in [6.45, 7) is 3.67. The Balaban J connectivity index is 1.40. The molecule has 3 N–H and O–H groups in total. The third-order valence-electron chi connectivity index (χ3n) is 7.60. The van der Waals surface area contributed by atoms with Crippen LogP contribution in [0.1, 0.15) is 36.2 Å². The number of nitrogens with one attached hydrogen (secondary N) is 2. The number of anilines is 4. The summed E-state index contributed by atoms with van der Waals surface area (Å²) in [6, 6.07) is 8.44. The fourth-order valence-electron chi connectivity index (χ4n) is 5.12. The Hall–Kier alpha value is -3.09. The molecule has 0 unspecified atom stereocenters. The zero-order valence-electron chi connectivity index (χ0n) is 21.6. The quantitative estimate of drug-likeness (QED) is 0.434. The van der Waals surface area contributed by atoms with Gasteiger partial charge in [-0.1, -0.05) is 0 Å². The van der Waals surface area contributed by atoms with Gasteiger partial charge in [0, 0.05) is 26.2 Å². The fourth-order valence-corrected chi connectivity index (χ4v) is 5.95. The van der Waals surface area contributed by atoms with Crippen LogP contribution in [-0.4, -0.2) is 83.3 Å². The largest absolute Gasteiger partial charge is 0.493 e. The van der Waals surface area contributed by atoms with Gasteiger partial charge in [-0.3, -0.25) is 9.52 Å². The first-order valence-electron chi connectivity index (χ1n) is 13.0. The van der Waals surface area contributed by atoms with Crippen molar-refractivity contribution >= 4 is 38.8 Å². The van der Waals surface area contributed by atoms with E-state index >= 15 is 0 Å². The zero-order valence-corrected chi connectivity index (χ0v) is 22.4. The van der Waals surface area contributed by atoms with Crippen LogP contribution >= 0.6 is 0 Å². The highest BCUT2D eigenvalue weighted by molar-refractivity contribution is 7.92. The van der Waals surface area contributed by atoms with Crippen LogP contribution in [0.3, 0.4) is 0 Å². The average molecular weight is 546 g/mol. The Bertz CT molecular complexity index is 1270. The second-order valence-corrected chi connectivity index (χ2v) is 12.0. The third-order valence-corrected chi connectivity index (χ3v) is 8.87. The summed E-state index contributed by atoms with van der Waals surface area (Å²) in [5.41, 5.74) is 2.43. The van der Waals surface area contributed by atoms with Gasteiger partial charge >= 0.3 is 0 Å². The van der Waals surface area contributed by atoms with Crippen molar-refractivity contribution in [2.45, 2.75) is 25.7 Å². The normalized spacial score (nSPS) is 18.8. The summed E-state index contributed by atoms with van der Waals surface area (Å²) in [7, 11) is -2.11. The number of amides is 1. The van der Waals surface area contributed by atoms with E-state index in [9.17, 15) is 13.2 Å². The predicted molar refractivity (Wildman–Crippen MR) is 146 cm³/mol. The van der Waals surface area contributed by atoms with Gasteiger partial charge < -0.3 is 29.7 Å². The minimum Gasteiger partial charge on any atom is -0.493 e. The first-order chi connectivity index (χ1) is 18.3. The lowest BCUT2D eigenvalue weighted by molar-refractivity contribution is 0.102. The molecule has 3 aliphatic rings. The molecule has 2 aliphatic heterocycles. The van der Waals surface area contributed by atoms with E-state index in [-0.39, 0.29) is 17.4 Å². The molecule has 5 rings (SSSR count). The van der Waals surface area contributed by atoms with Crippen molar-refractivity contribution in [1.82, 2.24) is 4.98 Å². The number of piperidine rings is 1. The van der Waals surface area contributed by atoms with Crippen molar-refractivity contribution in [3.05, 3.63) is 36.0 Å². The molecule has 1 amide bonds. The van der Waals surface area contributed by atoms with Crippen molar-refractivity contribution in [2.75, 3.05) is 78.7 Å². The van der Waals surface area contributed by atoms with Crippen molar-refractivity contribution < 1.29 is 27.8 Å². The first-order valence-corrected chi connectivity index (χ1v) is 14.7. The summed E-state index contributed by atoms with van der Waals surface area (Å²) >= 11 is 0. The van der Waals surface area contributed by atoms with Gasteiger partial charge in [-0.15, -0.1) is 0 Å². The lowest BCUT2D eigenvalue weighted by atomic mass is 9.93. The number of carbonyl (C=O) groups excluding carboxylic acids is 1. The molecule has 3 heterocycles. The smallest absolute Gasteiger partial charge is 0.274 e. The summed E-state index contributed by atoms with van der Waals surface area (Å²) in [6.07, 6.45) is 4.67. The first kappa shape index (κ1) is 26.5. The monoisotopic (exact) mass is 545 g/mol. The molecule has 0 bridgehead atoms. The maximum atomic E-state index is 13.4. The number of sulfonamides is 1. The van der Waals surface area contributed by atoms with Crippen LogP contribution in [0.5, 0.6) is 5.75 Å². The average Bonchev–Trinajstić information content (AvgIpc) is 3.68. The van der Waals surface area contributed by atoms with E-state index in [1.54, 1.807) is 37.4 Å². The second-order valence-electron chi connectivity index (χ2n) is 10.1. The number of nitrogens with zero attached hydrogens (tertiary/aromatic N) is 3. The molecule has 1 aromatic heterocycles. The van der Waals surface area contributed by atoms with Gasteiger partial charge in [0.25, 0.3) is 5.91 Å². The molecule has 1 aromatic carbocycles. The Kier molecular flexibility index (Phi) is 7.64. The third kappa shape index (κ3) is 5.97. The maximum absolute atomic E-state index is 13.4. The van der Waals surface area contributed by atoms with E-state index in [1.807, 2.05) is 4.90 Å². The number of methoxy groups -OCH3 is 1. The number of pyridine rings is 1. The summed E-state index contributed by atoms with van der Waals surface area (Å²) in [5.74, 6) is 0.434. The maximum Gasteiger partial charge on any atom is 0.274 e. The Morgan fingerprint density at radius 1 is 1.08 bits per heavy atom. The van der Waals surface area contributed by atoms with E-state index in [2.05, 4.69) is 19.9 Å². The number of aliphatic hydroxyl groups is 1. The van der Waals surface area contributed by atoms with E-state index in [0.717, 1.165) is 31.6 Å². The summed E-state index contributed by atoms with van der Waals surface area (Å²) in [4.78, 5) is 22.2. The van der Waals surface area contributed by atoms with Crippen LogP contribution in [0, 0.1) is 5.41 Å². The molecule has 12 heteroatoms. The van der Waals surface area contributed by atoms with E-state index in [4.69, 9.17) is 14.6 Å². The van der Waals surface area contributed by atoms with E-state index < -0.39 is 16.6 Å². The fraction of sp³-hybridized carbons (Fsp3) is 0.538. The SMILES string of the molecule is COc1ccc(C(=O)Nc2ccc(NS(=O)(=O)CCO)cc2N2CCC3(CC2)CC3)nc1N1CCOCC1. The van der Waals surface area contributed by atoms with Crippen LogP contribution in [0.4, 0.5) is 22.9 Å². The highest BCUT2D eigenvalue weighted by Gasteiger charge is 2.44. The molecule has 38 heavy (non-hydrogen) atoms. The molecule has 2 aromatic rings. The van der Waals surface area contributed by atoms with E-state index in [0.29, 0.717) is 54.7 Å². The number of aliphatic hydroxyl groups excluding tert-OH is 1. The van der Waals surface area contributed by atoms with Crippen molar-refractivity contribution in [1.29, 1.82) is 0 Å². The molecule has 1 spiro atoms. The number of hydrogen-bond donors (Lipinski definition) is 3. The Morgan fingerprint density at radius 3 is 2.47 bits per heavy atom. The predicted octanol–water partition coefficient (Wildman–Crippen LogP) is 2.29. The molecule has 3 fully saturated rings. The molecule has 11 nitrogen and oxygen atoms in total. The number of benzene rings is 1. The lowest BCUT2D eigenvalue weighted by Gasteiger charge is -2.35. The van der Waals surface area contributed by atoms with Crippen molar-refractivity contribution in [3.8, 4) is 5.75 Å². The molecule has 0 atom stereocenters. The van der Waals surface area contributed by atoms with Crippen molar-refractivity contribution in [3.63, 3.8) is 0 Å². The van der Waals surface area contributed by atoms with Crippen molar-refractivity contribution in [2.24, 2.45) is 5.41 Å². The Labute approximate surface area is 223 Å². The van der Waals surface area contributed by atoms with Crippen LogP contribution < -0.4 is 24.6 Å². The van der Waals surface area contributed by atoms with E-state index in [1.165, 1.54) is 12.8 Å². The molecule has 2 saturated heterocycles. The highest BCUT2D eigenvalue weighted by Crippen LogP contribution is 2.54. The van der Waals surface area contributed by atoms with Gasteiger partial charge in [0.05, 0.1) is 49.7 Å². The van der Waals surface area contributed by atoms with Crippen LogP contribution in [0.15, 0.2) is 30.3 Å². The molecule has 1 aliphatic carbocycles. The van der Waals surface area contributed by atoms with Gasteiger partial charge in [-0.2, -0.15) is 0 Å². The molecule has 0 radical (unpaired) electrons. The number of aromatic nitrogens is 1. The minimum absolute atomic E-state index is 0.251. The molecule has 1 saturated carbocycles. The number of carbonyl (C=O) groups is 1. The van der Waals surface area contributed by atoms with Gasteiger partial charge in [-0.25, -0.2) is 13.4 Å². The number of ether oxygens (including phenoxy) is 2. The highest BCUT2D eigenvalue weighted by atomic mass is 32.2. The standard InChI is InChI=1S/C26H35N5O6S/c1-36-23-5-4-21(27-24(23)31-12-15-37-16-13-31)25(33)28-20-3-2-19(29-38(34,35)17-14-32)18-22(20)30-10-8-26(6-7-26)9-11-30/h2-5,18,29,32H,6-17H2,1H3,(H,28,33). The van der Waals surface area contributed by atoms with Crippen LogP contribution in [0.25, 0.3) is 0 Å². The van der Waals surface area contributed by atoms with Crippen LogP contribution in [-0.2, 0) is 14.8 Å².